The van der Waals surface area contributed by atoms with Gasteiger partial charge in [-0.05, 0) is 98.5 Å². The third-order valence-corrected chi connectivity index (χ3v) is 6.29. The maximum atomic E-state index is 13.7. The molecule has 1 aromatic rings. The Morgan fingerprint density at radius 2 is 2.05 bits per heavy atom. The van der Waals surface area contributed by atoms with Gasteiger partial charge in [0.25, 0.3) is 0 Å². The molecule has 1 spiro atoms. The molecule has 114 valence electrons. The van der Waals surface area contributed by atoms with E-state index < -0.39 is 0 Å². The Kier molecular flexibility index (Phi) is 3.53. The van der Waals surface area contributed by atoms with Crippen LogP contribution < -0.4 is 5.32 Å². The second-order valence-corrected chi connectivity index (χ2v) is 7.48. The van der Waals surface area contributed by atoms with Crippen LogP contribution in [-0.4, -0.2) is 13.1 Å². The van der Waals surface area contributed by atoms with E-state index in [0.29, 0.717) is 5.41 Å². The predicted octanol–water partition coefficient (Wildman–Crippen LogP) is 4.20. The zero-order valence-electron chi connectivity index (χ0n) is 12.8. The zero-order valence-corrected chi connectivity index (χ0v) is 12.8. The molecule has 1 nitrogen and oxygen atoms in total. The van der Waals surface area contributed by atoms with Gasteiger partial charge in [-0.25, -0.2) is 4.39 Å². The lowest BCUT2D eigenvalue weighted by Gasteiger charge is -2.28. The van der Waals surface area contributed by atoms with Crippen molar-refractivity contribution in [3.05, 3.63) is 35.1 Å². The molecule has 0 bridgehead atoms. The summed E-state index contributed by atoms with van der Waals surface area (Å²) in [4.78, 5) is 0. The van der Waals surface area contributed by atoms with Crippen LogP contribution in [0.1, 0.15) is 56.1 Å². The van der Waals surface area contributed by atoms with Crippen molar-refractivity contribution in [2.75, 3.05) is 13.1 Å². The minimum Gasteiger partial charge on any atom is -0.317 e. The van der Waals surface area contributed by atoms with Crippen molar-refractivity contribution in [1.29, 1.82) is 0 Å². The molecule has 0 radical (unpaired) electrons. The third-order valence-electron chi connectivity index (χ3n) is 6.29. The number of piperidine rings is 1. The first-order valence-corrected chi connectivity index (χ1v) is 8.77. The number of benzene rings is 1. The lowest BCUT2D eigenvalue weighted by molar-refractivity contribution is 0.332. The predicted molar refractivity (Wildman–Crippen MR) is 84.0 cm³/mol. The van der Waals surface area contributed by atoms with Crippen LogP contribution in [0.3, 0.4) is 0 Å². The Labute approximate surface area is 127 Å². The van der Waals surface area contributed by atoms with Crippen molar-refractivity contribution in [3.63, 3.8) is 0 Å². The summed E-state index contributed by atoms with van der Waals surface area (Å²) in [6.45, 7) is 2.41. The van der Waals surface area contributed by atoms with E-state index in [-0.39, 0.29) is 5.82 Å². The van der Waals surface area contributed by atoms with Gasteiger partial charge in [0.05, 0.1) is 0 Å². The fourth-order valence-corrected chi connectivity index (χ4v) is 4.96. The van der Waals surface area contributed by atoms with Gasteiger partial charge in [-0.1, -0.05) is 12.5 Å². The summed E-state index contributed by atoms with van der Waals surface area (Å²) in [5.74, 6) is 1.71. The molecule has 21 heavy (non-hydrogen) atoms. The summed E-state index contributed by atoms with van der Waals surface area (Å²) in [5, 5.41) is 3.45. The third kappa shape index (κ3) is 2.52. The molecule has 1 aromatic carbocycles. The number of fused-ring (bicyclic) bond motifs is 2. The number of hydrogen-bond acceptors (Lipinski definition) is 1. The Balaban J connectivity index is 1.44. The normalized spacial score (nSPS) is 32.1. The fourth-order valence-electron chi connectivity index (χ4n) is 4.96. The van der Waals surface area contributed by atoms with E-state index in [2.05, 4.69) is 5.32 Å². The first-order chi connectivity index (χ1) is 10.3. The molecule has 1 saturated heterocycles. The highest BCUT2D eigenvalue weighted by atomic mass is 19.1. The lowest BCUT2D eigenvalue weighted by atomic mass is 9.77. The van der Waals surface area contributed by atoms with Crippen LogP contribution in [0, 0.1) is 17.7 Å². The molecule has 0 amide bonds. The molecule has 3 aliphatic rings. The number of rotatable bonds is 3. The summed E-state index contributed by atoms with van der Waals surface area (Å²) >= 11 is 0. The highest BCUT2D eigenvalue weighted by Crippen LogP contribution is 2.62. The number of nitrogens with one attached hydrogen (secondary N) is 1. The van der Waals surface area contributed by atoms with E-state index in [9.17, 15) is 4.39 Å². The van der Waals surface area contributed by atoms with Crippen LogP contribution in [0.5, 0.6) is 0 Å². The minimum absolute atomic E-state index is 0.0426. The van der Waals surface area contributed by atoms with E-state index in [4.69, 9.17) is 0 Å². The van der Waals surface area contributed by atoms with Gasteiger partial charge in [0.1, 0.15) is 5.82 Å². The van der Waals surface area contributed by atoms with Gasteiger partial charge in [0, 0.05) is 0 Å². The first kappa shape index (κ1) is 13.8. The smallest absolute Gasteiger partial charge is 0.123 e. The molecule has 2 aliphatic carbocycles. The van der Waals surface area contributed by atoms with E-state index in [1.54, 1.807) is 6.07 Å². The molecule has 4 rings (SSSR count). The maximum Gasteiger partial charge on any atom is 0.123 e. The van der Waals surface area contributed by atoms with Gasteiger partial charge in [-0.3, -0.25) is 0 Å². The largest absolute Gasteiger partial charge is 0.317 e. The molecule has 2 heteroatoms. The van der Waals surface area contributed by atoms with E-state index in [1.165, 1.54) is 69.2 Å². The van der Waals surface area contributed by atoms with Gasteiger partial charge < -0.3 is 5.32 Å². The van der Waals surface area contributed by atoms with Gasteiger partial charge in [-0.2, -0.15) is 0 Å². The second kappa shape index (κ2) is 5.39. The summed E-state index contributed by atoms with van der Waals surface area (Å²) in [5.41, 5.74) is 3.15. The maximum absolute atomic E-state index is 13.7. The highest BCUT2D eigenvalue weighted by molar-refractivity contribution is 5.42. The van der Waals surface area contributed by atoms with Crippen LogP contribution in [0.4, 0.5) is 4.39 Å². The molecule has 1 aliphatic heterocycles. The van der Waals surface area contributed by atoms with Crippen LogP contribution in [0.15, 0.2) is 18.2 Å². The molecule has 1 heterocycles. The molecule has 1 saturated carbocycles. The van der Waals surface area contributed by atoms with E-state index in [0.717, 1.165) is 18.3 Å². The standard InChI is InChI=1S/C19H26FN/c20-17-6-4-15-2-1-9-19(18(15)12-17)13-16(19)5-3-14-7-10-21-11-8-14/h4,6,12,14,16,21H,1-3,5,7-11,13H2. The fraction of sp³-hybridized carbons (Fsp3) is 0.684. The van der Waals surface area contributed by atoms with Crippen molar-refractivity contribution in [1.82, 2.24) is 5.32 Å². The number of aryl methyl sites for hydroxylation is 1. The van der Waals surface area contributed by atoms with Crippen LogP contribution in [0.25, 0.3) is 0 Å². The number of hydrogen-bond donors (Lipinski definition) is 1. The van der Waals surface area contributed by atoms with E-state index >= 15 is 0 Å². The molecule has 2 fully saturated rings. The average molecular weight is 287 g/mol. The molecule has 0 aromatic heterocycles. The summed E-state index contributed by atoms with van der Waals surface area (Å²) in [6, 6.07) is 5.52. The quantitative estimate of drug-likeness (QED) is 0.878. The van der Waals surface area contributed by atoms with Crippen molar-refractivity contribution in [2.24, 2.45) is 11.8 Å². The van der Waals surface area contributed by atoms with Crippen molar-refractivity contribution >= 4 is 0 Å². The highest BCUT2D eigenvalue weighted by Gasteiger charge is 2.55. The molecule has 1 N–H and O–H groups in total. The monoisotopic (exact) mass is 287 g/mol. The minimum atomic E-state index is -0.0426. The van der Waals surface area contributed by atoms with Crippen molar-refractivity contribution in [2.45, 2.75) is 56.8 Å². The molecule has 2 unspecified atom stereocenters. The lowest BCUT2D eigenvalue weighted by Crippen LogP contribution is -2.27. The SMILES string of the molecule is Fc1ccc2c(c1)C1(CCC2)CC1CCC1CCNCC1. The first-order valence-electron chi connectivity index (χ1n) is 8.77. The number of halogens is 1. The molecule has 2 atom stereocenters. The Hall–Kier alpha value is -0.890. The van der Waals surface area contributed by atoms with Crippen molar-refractivity contribution in [3.8, 4) is 0 Å². The zero-order chi connectivity index (χ0) is 14.3. The summed E-state index contributed by atoms with van der Waals surface area (Å²) < 4.78 is 13.7. The van der Waals surface area contributed by atoms with Gasteiger partial charge in [0.15, 0.2) is 0 Å². The van der Waals surface area contributed by atoms with E-state index in [1.807, 2.05) is 12.1 Å². The Morgan fingerprint density at radius 1 is 1.19 bits per heavy atom. The van der Waals surface area contributed by atoms with Crippen molar-refractivity contribution < 1.29 is 4.39 Å². The van der Waals surface area contributed by atoms with Crippen LogP contribution in [-0.2, 0) is 11.8 Å². The average Bonchev–Trinajstić information content (AvgIpc) is 3.21. The summed E-state index contributed by atoms with van der Waals surface area (Å²) in [7, 11) is 0. The van der Waals surface area contributed by atoms with Crippen LogP contribution in [0.2, 0.25) is 0 Å². The Bertz CT molecular complexity index is 520. The molecular formula is C19H26FN. The summed E-state index contributed by atoms with van der Waals surface area (Å²) in [6.07, 6.45) is 10.5. The Morgan fingerprint density at radius 3 is 2.90 bits per heavy atom. The molecular weight excluding hydrogens is 261 g/mol. The van der Waals surface area contributed by atoms with Crippen LogP contribution >= 0.6 is 0 Å². The van der Waals surface area contributed by atoms with Gasteiger partial charge in [0.2, 0.25) is 0 Å². The van der Waals surface area contributed by atoms with Gasteiger partial charge in [-0.15, -0.1) is 0 Å². The van der Waals surface area contributed by atoms with Gasteiger partial charge >= 0.3 is 0 Å². The second-order valence-electron chi connectivity index (χ2n) is 7.48. The topological polar surface area (TPSA) is 12.0 Å².